The van der Waals surface area contributed by atoms with E-state index >= 15 is 0 Å². The Morgan fingerprint density at radius 3 is 2.65 bits per heavy atom. The monoisotopic (exact) mass is 283 g/mol. The third kappa shape index (κ3) is 4.79. The lowest BCUT2D eigenvalue weighted by Crippen LogP contribution is -2.23. The van der Waals surface area contributed by atoms with Crippen LogP contribution in [-0.2, 0) is 11.2 Å². The summed E-state index contributed by atoms with van der Waals surface area (Å²) in [4.78, 5) is 11.6. The predicted molar refractivity (Wildman–Crippen MR) is 81.5 cm³/mol. The number of rotatable bonds is 3. The van der Waals surface area contributed by atoms with Crippen LogP contribution in [0.5, 0.6) is 0 Å². The summed E-state index contributed by atoms with van der Waals surface area (Å²) in [6.07, 6.45) is 0.797. The van der Waals surface area contributed by atoms with Gasteiger partial charge in [-0.3, -0.25) is 4.79 Å². The van der Waals surface area contributed by atoms with Crippen LogP contribution >= 0.6 is 11.6 Å². The van der Waals surface area contributed by atoms with Crippen molar-refractivity contribution in [2.45, 2.75) is 6.42 Å². The molecular weight excluding hydrogens is 270 g/mol. The number of hydrogen-bond donors (Lipinski definition) is 1. The van der Waals surface area contributed by atoms with Gasteiger partial charge in [-0.1, -0.05) is 53.9 Å². The van der Waals surface area contributed by atoms with E-state index in [-0.39, 0.29) is 5.91 Å². The molecule has 0 radical (unpaired) electrons. The molecule has 0 unspecified atom stereocenters. The number of carbonyl (C=O) groups is 1. The maximum absolute atomic E-state index is 11.6. The summed E-state index contributed by atoms with van der Waals surface area (Å²) in [5.41, 5.74) is 1.92. The lowest BCUT2D eigenvalue weighted by molar-refractivity contribution is -0.115. The van der Waals surface area contributed by atoms with Crippen LogP contribution in [0.1, 0.15) is 11.1 Å². The van der Waals surface area contributed by atoms with Gasteiger partial charge in [0.2, 0.25) is 0 Å². The second kappa shape index (κ2) is 7.37. The minimum Gasteiger partial charge on any atom is -0.345 e. The third-order valence-corrected chi connectivity index (χ3v) is 2.92. The fourth-order valence-corrected chi connectivity index (χ4v) is 1.89. The first-order chi connectivity index (χ1) is 9.74. The van der Waals surface area contributed by atoms with Gasteiger partial charge in [-0.05, 0) is 30.2 Å². The molecule has 1 amide bonds. The van der Waals surface area contributed by atoms with Gasteiger partial charge in [-0.2, -0.15) is 0 Å². The lowest BCUT2D eigenvalue weighted by atomic mass is 10.1. The van der Waals surface area contributed by atoms with Crippen LogP contribution in [0.2, 0.25) is 5.02 Å². The van der Waals surface area contributed by atoms with Crippen LogP contribution in [0.25, 0.3) is 0 Å². The molecule has 1 N–H and O–H groups in total. The van der Waals surface area contributed by atoms with Crippen molar-refractivity contribution < 1.29 is 4.79 Å². The Balaban J connectivity index is 1.82. The minimum absolute atomic E-state index is 0.277. The molecule has 0 saturated carbocycles. The van der Waals surface area contributed by atoms with Gasteiger partial charge in [-0.25, -0.2) is 0 Å². The zero-order valence-electron chi connectivity index (χ0n) is 10.9. The summed E-state index contributed by atoms with van der Waals surface area (Å²) in [6, 6.07) is 17.1. The first-order valence-corrected chi connectivity index (χ1v) is 6.71. The number of nitrogens with one attached hydrogen (secondary N) is 1. The summed E-state index contributed by atoms with van der Waals surface area (Å²) in [5.74, 6) is 5.06. The molecule has 0 saturated heterocycles. The molecule has 3 heteroatoms. The van der Waals surface area contributed by atoms with E-state index in [1.807, 2.05) is 36.4 Å². The highest BCUT2D eigenvalue weighted by Crippen LogP contribution is 2.09. The van der Waals surface area contributed by atoms with Gasteiger partial charge in [0.05, 0.1) is 0 Å². The molecule has 0 aliphatic rings. The maximum Gasteiger partial charge on any atom is 0.296 e. The third-order valence-electron chi connectivity index (χ3n) is 2.69. The zero-order chi connectivity index (χ0) is 14.2. The molecule has 0 fully saturated rings. The van der Waals surface area contributed by atoms with E-state index in [1.165, 1.54) is 5.56 Å². The maximum atomic E-state index is 11.6. The summed E-state index contributed by atoms with van der Waals surface area (Å²) in [6.45, 7) is 0.576. The van der Waals surface area contributed by atoms with Crippen LogP contribution in [0.3, 0.4) is 0 Å². The zero-order valence-corrected chi connectivity index (χ0v) is 11.7. The molecule has 2 rings (SSSR count). The predicted octanol–water partition coefficient (Wildman–Crippen LogP) is 3.05. The van der Waals surface area contributed by atoms with Crippen molar-refractivity contribution in [3.63, 3.8) is 0 Å². The summed E-state index contributed by atoms with van der Waals surface area (Å²) < 4.78 is 0. The molecule has 0 atom stereocenters. The topological polar surface area (TPSA) is 29.1 Å². The van der Waals surface area contributed by atoms with Crippen LogP contribution in [0.15, 0.2) is 54.6 Å². The molecule has 0 spiro atoms. The molecular formula is C17H14ClNO. The number of hydrogen-bond acceptors (Lipinski definition) is 1. The standard InChI is InChI=1S/C17H14ClNO/c18-16-8-4-7-15(13-16)9-10-17(20)19-12-11-14-5-2-1-3-6-14/h1-8,13H,11-12H2,(H,19,20). The molecule has 0 heterocycles. The Kier molecular flexibility index (Phi) is 5.23. The van der Waals surface area contributed by atoms with Gasteiger partial charge in [0.15, 0.2) is 0 Å². The van der Waals surface area contributed by atoms with Crippen molar-refractivity contribution in [3.8, 4) is 11.8 Å². The number of carbonyl (C=O) groups excluding carboxylic acids is 1. The van der Waals surface area contributed by atoms with Crippen molar-refractivity contribution in [3.05, 3.63) is 70.7 Å². The van der Waals surface area contributed by atoms with Crippen LogP contribution in [0.4, 0.5) is 0 Å². The van der Waals surface area contributed by atoms with Crippen molar-refractivity contribution in [1.29, 1.82) is 0 Å². The Hall–Kier alpha value is -2.24. The number of amides is 1. The van der Waals surface area contributed by atoms with Crippen molar-refractivity contribution in [2.75, 3.05) is 6.54 Å². The van der Waals surface area contributed by atoms with Crippen LogP contribution in [-0.4, -0.2) is 12.5 Å². The fourth-order valence-electron chi connectivity index (χ4n) is 1.70. The van der Waals surface area contributed by atoms with Gasteiger partial charge < -0.3 is 5.32 Å². The molecule has 0 aliphatic heterocycles. The molecule has 20 heavy (non-hydrogen) atoms. The largest absolute Gasteiger partial charge is 0.345 e. The van der Waals surface area contributed by atoms with Crippen LogP contribution in [0, 0.1) is 11.8 Å². The van der Waals surface area contributed by atoms with E-state index in [0.717, 1.165) is 12.0 Å². The van der Waals surface area contributed by atoms with Gasteiger partial charge in [0, 0.05) is 23.1 Å². The highest BCUT2D eigenvalue weighted by atomic mass is 35.5. The molecule has 2 aromatic rings. The fraction of sp³-hybridized carbons (Fsp3) is 0.118. The average Bonchev–Trinajstić information content (AvgIpc) is 2.46. The van der Waals surface area contributed by atoms with Gasteiger partial charge >= 0.3 is 0 Å². The summed E-state index contributed by atoms with van der Waals surface area (Å²) in [7, 11) is 0. The normalized spacial score (nSPS) is 9.45. The second-order valence-corrected chi connectivity index (χ2v) is 4.69. The second-order valence-electron chi connectivity index (χ2n) is 4.25. The van der Waals surface area contributed by atoms with Gasteiger partial charge in [-0.15, -0.1) is 0 Å². The highest BCUT2D eigenvalue weighted by Gasteiger charge is 1.96. The first kappa shape index (κ1) is 14.2. The van der Waals surface area contributed by atoms with E-state index in [2.05, 4.69) is 17.2 Å². The molecule has 2 nitrogen and oxygen atoms in total. The van der Waals surface area contributed by atoms with Crippen molar-refractivity contribution in [1.82, 2.24) is 5.32 Å². The van der Waals surface area contributed by atoms with E-state index in [1.54, 1.807) is 18.2 Å². The van der Waals surface area contributed by atoms with Crippen molar-refractivity contribution >= 4 is 17.5 Å². The van der Waals surface area contributed by atoms with Gasteiger partial charge in [0.25, 0.3) is 5.91 Å². The van der Waals surface area contributed by atoms with Crippen molar-refractivity contribution in [2.24, 2.45) is 0 Å². The Labute approximate surface area is 123 Å². The number of benzene rings is 2. The van der Waals surface area contributed by atoms with E-state index < -0.39 is 0 Å². The molecule has 0 aliphatic carbocycles. The molecule has 100 valence electrons. The average molecular weight is 284 g/mol. The van der Waals surface area contributed by atoms with E-state index in [9.17, 15) is 4.79 Å². The SMILES string of the molecule is O=C(C#Cc1cccc(Cl)c1)NCCc1ccccc1. The molecule has 2 aromatic carbocycles. The number of halogens is 1. The Bertz CT molecular complexity index is 641. The first-order valence-electron chi connectivity index (χ1n) is 6.33. The van der Waals surface area contributed by atoms with E-state index in [4.69, 9.17) is 11.6 Å². The Morgan fingerprint density at radius 1 is 1.10 bits per heavy atom. The molecule has 0 aromatic heterocycles. The summed E-state index contributed by atoms with van der Waals surface area (Å²) in [5, 5.41) is 3.38. The minimum atomic E-state index is -0.277. The quantitative estimate of drug-likeness (QED) is 0.862. The van der Waals surface area contributed by atoms with Gasteiger partial charge in [0.1, 0.15) is 0 Å². The highest BCUT2D eigenvalue weighted by molar-refractivity contribution is 6.30. The Morgan fingerprint density at radius 2 is 1.90 bits per heavy atom. The smallest absolute Gasteiger partial charge is 0.296 e. The summed E-state index contributed by atoms with van der Waals surface area (Å²) >= 11 is 5.84. The van der Waals surface area contributed by atoms with E-state index in [0.29, 0.717) is 11.6 Å². The lowest BCUT2D eigenvalue weighted by Gasteiger charge is -2.01. The van der Waals surface area contributed by atoms with Crippen LogP contribution < -0.4 is 5.32 Å². The molecule has 0 bridgehead atoms.